The van der Waals surface area contributed by atoms with Crippen molar-refractivity contribution in [2.24, 2.45) is 5.16 Å². The molecule has 140 valence electrons. The van der Waals surface area contributed by atoms with Gasteiger partial charge in [0.05, 0.1) is 12.7 Å². The Balaban J connectivity index is 2.92. The van der Waals surface area contributed by atoms with Gasteiger partial charge in [-0.25, -0.2) is 0 Å². The summed E-state index contributed by atoms with van der Waals surface area (Å²) in [5.41, 5.74) is -1.28. The molecule has 13 heteroatoms. The molecule has 0 aromatic heterocycles. The van der Waals surface area contributed by atoms with Crippen LogP contribution in [0.5, 0.6) is 0 Å². The topological polar surface area (TPSA) is 189 Å². The molecule has 0 spiro atoms. The predicted octanol–water partition coefficient (Wildman–Crippen LogP) is -2.75. The normalized spacial score (nSPS) is 33.1. The smallest absolute Gasteiger partial charge is 0.284 e. The standard InChI is InChI=1S/C11H19NO10S2/c1-2-5(14)3-7(12-22-24(18,19)20)23-11-10(17)9(16)8(15)6(4-13)21-11/h2,5-6,8-11,13-17H,1,3-4H2,(H,18,19,20)/p-1/t5-,6-,8-,9+,10-,11+/m1/s1. The Kier molecular flexibility index (Phi) is 8.04. The summed E-state index contributed by atoms with van der Waals surface area (Å²) < 4.78 is 40.4. The van der Waals surface area contributed by atoms with E-state index in [9.17, 15) is 33.4 Å². The van der Waals surface area contributed by atoms with Gasteiger partial charge >= 0.3 is 0 Å². The predicted molar refractivity (Wildman–Crippen MR) is 80.4 cm³/mol. The van der Waals surface area contributed by atoms with Gasteiger partial charge in [-0.05, 0) is 0 Å². The molecule has 0 bridgehead atoms. The van der Waals surface area contributed by atoms with Gasteiger partial charge in [0, 0.05) is 6.42 Å². The number of hydrogen-bond donors (Lipinski definition) is 5. The second kappa shape index (κ2) is 9.07. The monoisotopic (exact) mass is 388 g/mol. The number of ether oxygens (including phenoxy) is 1. The third-order valence-corrected chi connectivity index (χ3v) is 4.38. The van der Waals surface area contributed by atoms with Gasteiger partial charge < -0.3 is 34.8 Å². The van der Waals surface area contributed by atoms with Gasteiger partial charge in [0.15, 0.2) is 0 Å². The second-order valence-corrected chi connectivity index (χ2v) is 6.93. The first-order valence-electron chi connectivity index (χ1n) is 6.58. The van der Waals surface area contributed by atoms with Crippen LogP contribution in [0.1, 0.15) is 6.42 Å². The lowest BCUT2D eigenvalue weighted by atomic mass is 10.0. The van der Waals surface area contributed by atoms with Gasteiger partial charge in [-0.1, -0.05) is 23.0 Å². The maximum absolute atomic E-state index is 10.5. The summed E-state index contributed by atoms with van der Waals surface area (Å²) in [4.78, 5) is 0. The van der Waals surface area contributed by atoms with Crippen LogP contribution in [0.3, 0.4) is 0 Å². The van der Waals surface area contributed by atoms with Gasteiger partial charge in [-0.3, -0.25) is 4.28 Å². The molecule has 0 saturated carbocycles. The molecule has 0 unspecified atom stereocenters. The Hall–Kier alpha value is -0.770. The van der Waals surface area contributed by atoms with Crippen LogP contribution in [0, 0.1) is 0 Å². The molecule has 0 amide bonds. The van der Waals surface area contributed by atoms with Crippen LogP contribution in [-0.2, 0) is 19.4 Å². The number of thioether (sulfide) groups is 1. The molecule has 0 aromatic rings. The molecule has 1 fully saturated rings. The molecule has 11 nitrogen and oxygen atoms in total. The van der Waals surface area contributed by atoms with Crippen molar-refractivity contribution < 1.29 is 47.5 Å². The average molecular weight is 388 g/mol. The first kappa shape index (κ1) is 21.3. The van der Waals surface area contributed by atoms with Gasteiger partial charge in [-0.15, -0.1) is 6.58 Å². The first-order chi connectivity index (χ1) is 11.1. The van der Waals surface area contributed by atoms with E-state index in [1.54, 1.807) is 0 Å². The van der Waals surface area contributed by atoms with E-state index in [-0.39, 0.29) is 11.5 Å². The highest BCUT2D eigenvalue weighted by atomic mass is 32.3. The molecule has 24 heavy (non-hydrogen) atoms. The average Bonchev–Trinajstić information content (AvgIpc) is 2.52. The van der Waals surface area contributed by atoms with Crippen molar-refractivity contribution >= 4 is 27.2 Å². The zero-order chi connectivity index (χ0) is 18.5. The number of hydrogen-bond acceptors (Lipinski definition) is 12. The molecular formula is C11H18NO10S2-. The highest BCUT2D eigenvalue weighted by Crippen LogP contribution is 2.30. The Morgan fingerprint density at radius 1 is 1.38 bits per heavy atom. The minimum Gasteiger partial charge on any atom is -0.714 e. The SMILES string of the molecule is C=C[C@@H](O)CC(=NOS(=O)(=O)[O-])S[C@@H]1O[C@H](CO)[C@@H](O)[C@H](O)[C@H]1O. The van der Waals surface area contributed by atoms with Crippen molar-refractivity contribution in [3.05, 3.63) is 12.7 Å². The van der Waals surface area contributed by atoms with Crippen LogP contribution in [0.25, 0.3) is 0 Å². The van der Waals surface area contributed by atoms with E-state index < -0.39 is 53.0 Å². The van der Waals surface area contributed by atoms with Crippen LogP contribution in [0.2, 0.25) is 0 Å². The Morgan fingerprint density at radius 3 is 2.50 bits per heavy atom. The molecule has 1 aliphatic rings. The third kappa shape index (κ3) is 6.27. The summed E-state index contributed by atoms with van der Waals surface area (Å²) in [6.45, 7) is 2.65. The molecular weight excluding hydrogens is 370 g/mol. The van der Waals surface area contributed by atoms with E-state index in [1.807, 2.05) is 0 Å². The summed E-state index contributed by atoms with van der Waals surface area (Å²) in [5, 5.41) is 50.7. The zero-order valence-electron chi connectivity index (χ0n) is 12.2. The van der Waals surface area contributed by atoms with Crippen LogP contribution >= 0.6 is 11.8 Å². The van der Waals surface area contributed by atoms with E-state index >= 15 is 0 Å². The maximum Gasteiger partial charge on any atom is 0.284 e. The Labute approximate surface area is 142 Å². The fourth-order valence-corrected chi connectivity index (χ4v) is 3.10. The molecule has 1 heterocycles. The van der Waals surface area contributed by atoms with Gasteiger partial charge in [0.2, 0.25) is 0 Å². The Morgan fingerprint density at radius 2 is 2.00 bits per heavy atom. The summed E-state index contributed by atoms with van der Waals surface area (Å²) in [6.07, 6.45) is -6.41. The van der Waals surface area contributed by atoms with E-state index in [0.29, 0.717) is 11.8 Å². The zero-order valence-corrected chi connectivity index (χ0v) is 13.8. The lowest BCUT2D eigenvalue weighted by molar-refractivity contribution is -0.205. The van der Waals surface area contributed by atoms with Crippen LogP contribution in [-0.4, -0.2) is 86.1 Å². The van der Waals surface area contributed by atoms with Crippen molar-refractivity contribution in [1.29, 1.82) is 0 Å². The first-order valence-corrected chi connectivity index (χ1v) is 8.79. The second-order valence-electron chi connectivity index (χ2n) is 4.79. The highest BCUT2D eigenvalue weighted by Gasteiger charge is 2.44. The van der Waals surface area contributed by atoms with Gasteiger partial charge in [0.25, 0.3) is 10.4 Å². The molecule has 0 aliphatic carbocycles. The fraction of sp³-hybridized carbons (Fsp3) is 0.727. The lowest BCUT2D eigenvalue weighted by Crippen LogP contribution is -2.57. The number of aliphatic hydroxyl groups excluding tert-OH is 5. The third-order valence-electron chi connectivity index (χ3n) is 2.99. The van der Waals surface area contributed by atoms with Crippen LogP contribution in [0.15, 0.2) is 17.8 Å². The summed E-state index contributed by atoms with van der Waals surface area (Å²) >= 11 is 0.542. The van der Waals surface area contributed by atoms with Crippen molar-refractivity contribution in [3.8, 4) is 0 Å². The number of rotatable bonds is 7. The molecule has 1 aliphatic heterocycles. The van der Waals surface area contributed by atoms with E-state index in [1.165, 1.54) is 0 Å². The fourth-order valence-electron chi connectivity index (χ4n) is 1.76. The molecule has 0 aromatic carbocycles. The van der Waals surface area contributed by atoms with Crippen molar-refractivity contribution in [1.82, 2.24) is 0 Å². The molecule has 0 radical (unpaired) electrons. The minimum absolute atomic E-state index is 0.258. The number of nitrogens with zero attached hydrogens (tertiary/aromatic N) is 1. The summed E-state index contributed by atoms with van der Waals surface area (Å²) in [7, 11) is -5.14. The lowest BCUT2D eigenvalue weighted by Gasteiger charge is -2.39. The summed E-state index contributed by atoms with van der Waals surface area (Å²) in [5.74, 6) is 0. The maximum atomic E-state index is 10.5. The molecule has 6 atom stereocenters. The summed E-state index contributed by atoms with van der Waals surface area (Å²) in [6, 6.07) is 0. The molecule has 1 saturated heterocycles. The van der Waals surface area contributed by atoms with Crippen molar-refractivity contribution in [2.45, 2.75) is 42.4 Å². The van der Waals surface area contributed by atoms with Crippen molar-refractivity contribution in [3.63, 3.8) is 0 Å². The van der Waals surface area contributed by atoms with Gasteiger partial charge in [0.1, 0.15) is 34.9 Å². The van der Waals surface area contributed by atoms with Crippen molar-refractivity contribution in [2.75, 3.05) is 6.61 Å². The highest BCUT2D eigenvalue weighted by molar-refractivity contribution is 8.14. The van der Waals surface area contributed by atoms with E-state index in [0.717, 1.165) is 6.08 Å². The van der Waals surface area contributed by atoms with E-state index in [2.05, 4.69) is 16.0 Å². The van der Waals surface area contributed by atoms with E-state index in [4.69, 9.17) is 9.84 Å². The minimum atomic E-state index is -5.14. The number of aliphatic hydroxyl groups is 5. The Bertz CT molecular complexity index is 551. The largest absolute Gasteiger partial charge is 0.714 e. The number of oxime groups is 1. The van der Waals surface area contributed by atoms with Crippen LogP contribution < -0.4 is 0 Å². The van der Waals surface area contributed by atoms with Crippen LogP contribution in [0.4, 0.5) is 0 Å². The quantitative estimate of drug-likeness (QED) is 0.0759. The molecule has 5 N–H and O–H groups in total. The van der Waals surface area contributed by atoms with Gasteiger partial charge in [-0.2, -0.15) is 8.42 Å². The molecule has 1 rings (SSSR count).